The van der Waals surface area contributed by atoms with Gasteiger partial charge in [-0.05, 0) is 49.1 Å². The second kappa shape index (κ2) is 8.05. The molecule has 0 aromatic heterocycles. The van der Waals surface area contributed by atoms with Crippen molar-refractivity contribution in [3.8, 4) is 5.75 Å². The Bertz CT molecular complexity index is 936. The number of carbonyl (C=O) groups is 1. The lowest BCUT2D eigenvalue weighted by atomic mass is 10.1. The SMILES string of the molecule is CC(C(=O)N1c2ccccc2CC1C)N1CCN(Cc2ccc3c(c2)CCO3)CC1. The van der Waals surface area contributed by atoms with Crippen LogP contribution in [0.15, 0.2) is 42.5 Å². The zero-order valence-corrected chi connectivity index (χ0v) is 18.0. The third-order valence-corrected chi connectivity index (χ3v) is 6.92. The number of hydrogen-bond acceptors (Lipinski definition) is 4. The molecule has 1 fully saturated rings. The number of ether oxygens (including phenoxy) is 1. The van der Waals surface area contributed by atoms with E-state index in [0.717, 1.165) is 63.6 Å². The molecule has 1 amide bonds. The summed E-state index contributed by atoms with van der Waals surface area (Å²) < 4.78 is 5.62. The Labute approximate surface area is 179 Å². The molecule has 3 aliphatic rings. The number of nitrogens with zero attached hydrogens (tertiary/aromatic N) is 3. The highest BCUT2D eigenvalue weighted by Crippen LogP contribution is 2.33. The van der Waals surface area contributed by atoms with Crippen molar-refractivity contribution >= 4 is 11.6 Å². The van der Waals surface area contributed by atoms with Gasteiger partial charge in [-0.25, -0.2) is 0 Å². The Morgan fingerprint density at radius 1 is 1.10 bits per heavy atom. The molecule has 3 aliphatic heterocycles. The van der Waals surface area contributed by atoms with E-state index in [-0.39, 0.29) is 18.0 Å². The van der Waals surface area contributed by atoms with Crippen LogP contribution >= 0.6 is 0 Å². The van der Waals surface area contributed by atoms with Gasteiger partial charge in [0.15, 0.2) is 0 Å². The van der Waals surface area contributed by atoms with Crippen LogP contribution in [0.4, 0.5) is 5.69 Å². The van der Waals surface area contributed by atoms with E-state index in [9.17, 15) is 4.79 Å². The molecule has 5 nitrogen and oxygen atoms in total. The quantitative estimate of drug-likeness (QED) is 0.783. The Morgan fingerprint density at radius 3 is 2.73 bits per heavy atom. The third kappa shape index (κ3) is 3.61. The van der Waals surface area contributed by atoms with Crippen LogP contribution in [-0.2, 0) is 24.2 Å². The summed E-state index contributed by atoms with van der Waals surface area (Å²) in [5.41, 5.74) is 5.08. The standard InChI is InChI=1S/C25H31N3O2/c1-18-15-21-5-3-4-6-23(21)28(18)25(29)19(2)27-12-10-26(11-13-27)17-20-7-8-24-22(16-20)9-14-30-24/h3-8,16,18-19H,9-15,17H2,1-2H3. The van der Waals surface area contributed by atoms with Gasteiger partial charge in [0.25, 0.3) is 0 Å². The summed E-state index contributed by atoms with van der Waals surface area (Å²) >= 11 is 0. The van der Waals surface area contributed by atoms with Crippen LogP contribution in [0, 0.1) is 0 Å². The first kappa shape index (κ1) is 19.6. The summed E-state index contributed by atoms with van der Waals surface area (Å²) in [5.74, 6) is 1.29. The van der Waals surface area contributed by atoms with Crippen LogP contribution in [0.5, 0.6) is 5.75 Å². The van der Waals surface area contributed by atoms with Crippen LogP contribution in [0.1, 0.15) is 30.5 Å². The summed E-state index contributed by atoms with van der Waals surface area (Å²) in [6, 6.07) is 15.1. The minimum absolute atomic E-state index is 0.0853. The van der Waals surface area contributed by atoms with Gasteiger partial charge in [0.2, 0.25) is 5.91 Å². The smallest absolute Gasteiger partial charge is 0.244 e. The minimum Gasteiger partial charge on any atom is -0.493 e. The van der Waals surface area contributed by atoms with Crippen molar-refractivity contribution < 1.29 is 9.53 Å². The summed E-state index contributed by atoms with van der Waals surface area (Å²) in [4.78, 5) is 20.2. The number of para-hydroxylation sites is 1. The number of piperazine rings is 1. The van der Waals surface area contributed by atoms with Crippen LogP contribution in [-0.4, -0.2) is 60.6 Å². The van der Waals surface area contributed by atoms with E-state index >= 15 is 0 Å². The molecule has 0 radical (unpaired) electrons. The lowest BCUT2D eigenvalue weighted by molar-refractivity contribution is -0.124. The number of hydrogen-bond donors (Lipinski definition) is 0. The molecule has 0 aliphatic carbocycles. The Balaban J connectivity index is 1.19. The fourth-order valence-corrected chi connectivity index (χ4v) is 5.16. The molecule has 2 aromatic carbocycles. The Kier molecular flexibility index (Phi) is 5.25. The van der Waals surface area contributed by atoms with Crippen molar-refractivity contribution in [2.75, 3.05) is 37.7 Å². The number of anilines is 1. The normalized spacial score (nSPS) is 22.5. The van der Waals surface area contributed by atoms with Crippen molar-refractivity contribution in [1.82, 2.24) is 9.80 Å². The van der Waals surface area contributed by atoms with Gasteiger partial charge in [-0.15, -0.1) is 0 Å². The third-order valence-electron chi connectivity index (χ3n) is 6.92. The van der Waals surface area contributed by atoms with E-state index in [2.05, 4.69) is 60.0 Å². The van der Waals surface area contributed by atoms with Crippen LogP contribution in [0.25, 0.3) is 0 Å². The van der Waals surface area contributed by atoms with Gasteiger partial charge < -0.3 is 9.64 Å². The van der Waals surface area contributed by atoms with Gasteiger partial charge in [0.1, 0.15) is 5.75 Å². The highest BCUT2D eigenvalue weighted by atomic mass is 16.5. The molecule has 158 valence electrons. The first-order chi connectivity index (χ1) is 14.6. The van der Waals surface area contributed by atoms with Crippen molar-refractivity contribution in [3.05, 3.63) is 59.2 Å². The summed E-state index contributed by atoms with van der Waals surface area (Å²) in [5, 5.41) is 0. The molecule has 30 heavy (non-hydrogen) atoms. The topological polar surface area (TPSA) is 36.0 Å². The van der Waals surface area contributed by atoms with Gasteiger partial charge in [0, 0.05) is 50.9 Å². The molecule has 5 heteroatoms. The highest BCUT2D eigenvalue weighted by molar-refractivity contribution is 5.99. The average Bonchev–Trinajstić information content (AvgIpc) is 3.36. The molecule has 2 unspecified atom stereocenters. The van der Waals surface area contributed by atoms with Crippen molar-refractivity contribution in [3.63, 3.8) is 0 Å². The van der Waals surface area contributed by atoms with E-state index in [4.69, 9.17) is 4.74 Å². The predicted octanol–water partition coefficient (Wildman–Crippen LogP) is 3.11. The van der Waals surface area contributed by atoms with E-state index in [1.54, 1.807) is 0 Å². The fraction of sp³-hybridized carbons (Fsp3) is 0.480. The lowest BCUT2D eigenvalue weighted by Gasteiger charge is -2.39. The molecule has 5 rings (SSSR count). The second-order valence-corrected chi connectivity index (χ2v) is 8.92. The number of carbonyl (C=O) groups excluding carboxylic acids is 1. The van der Waals surface area contributed by atoms with E-state index in [1.165, 1.54) is 16.7 Å². The van der Waals surface area contributed by atoms with Crippen molar-refractivity contribution in [1.29, 1.82) is 0 Å². The van der Waals surface area contributed by atoms with E-state index in [1.807, 2.05) is 11.0 Å². The molecular formula is C25H31N3O2. The van der Waals surface area contributed by atoms with Crippen LogP contribution < -0.4 is 9.64 Å². The maximum absolute atomic E-state index is 13.4. The first-order valence-corrected chi connectivity index (χ1v) is 11.2. The molecule has 0 spiro atoms. The number of fused-ring (bicyclic) bond motifs is 2. The van der Waals surface area contributed by atoms with E-state index < -0.39 is 0 Å². The summed E-state index contributed by atoms with van der Waals surface area (Å²) in [7, 11) is 0. The molecule has 2 aromatic rings. The van der Waals surface area contributed by atoms with Gasteiger partial charge in [-0.1, -0.05) is 30.3 Å². The number of rotatable bonds is 4. The van der Waals surface area contributed by atoms with Crippen molar-refractivity contribution in [2.24, 2.45) is 0 Å². The molecule has 2 atom stereocenters. The van der Waals surface area contributed by atoms with Gasteiger partial charge >= 0.3 is 0 Å². The lowest BCUT2D eigenvalue weighted by Crippen LogP contribution is -2.55. The highest BCUT2D eigenvalue weighted by Gasteiger charge is 2.35. The van der Waals surface area contributed by atoms with E-state index in [0.29, 0.717) is 0 Å². The summed E-state index contributed by atoms with van der Waals surface area (Å²) in [6.45, 7) is 9.88. The average molecular weight is 406 g/mol. The molecular weight excluding hydrogens is 374 g/mol. The minimum atomic E-state index is -0.0853. The zero-order chi connectivity index (χ0) is 20.7. The molecule has 3 heterocycles. The molecule has 0 bridgehead atoms. The number of benzene rings is 2. The van der Waals surface area contributed by atoms with Gasteiger partial charge in [-0.3, -0.25) is 14.6 Å². The second-order valence-electron chi connectivity index (χ2n) is 8.92. The molecule has 0 N–H and O–H groups in total. The van der Waals surface area contributed by atoms with Gasteiger partial charge in [-0.2, -0.15) is 0 Å². The molecule has 0 saturated carbocycles. The zero-order valence-electron chi connectivity index (χ0n) is 18.0. The van der Waals surface area contributed by atoms with Crippen LogP contribution in [0.3, 0.4) is 0 Å². The Morgan fingerprint density at radius 2 is 1.90 bits per heavy atom. The Hall–Kier alpha value is -2.37. The largest absolute Gasteiger partial charge is 0.493 e. The van der Waals surface area contributed by atoms with Gasteiger partial charge in [0.05, 0.1) is 12.6 Å². The number of amides is 1. The first-order valence-electron chi connectivity index (χ1n) is 11.2. The maximum Gasteiger partial charge on any atom is 0.244 e. The van der Waals surface area contributed by atoms with Crippen LogP contribution in [0.2, 0.25) is 0 Å². The molecule has 1 saturated heterocycles. The maximum atomic E-state index is 13.4. The summed E-state index contributed by atoms with van der Waals surface area (Å²) in [6.07, 6.45) is 1.98. The fourth-order valence-electron chi connectivity index (χ4n) is 5.16. The monoisotopic (exact) mass is 405 g/mol. The van der Waals surface area contributed by atoms with Crippen molar-refractivity contribution in [2.45, 2.75) is 45.3 Å². The predicted molar refractivity (Wildman–Crippen MR) is 119 cm³/mol.